The van der Waals surface area contributed by atoms with Crippen LogP contribution in [0.2, 0.25) is 0 Å². The number of aliphatic hydroxyl groups is 2. The van der Waals surface area contributed by atoms with Gasteiger partial charge in [0.05, 0.1) is 0 Å². The average molecular weight is 226 g/mol. The van der Waals surface area contributed by atoms with Gasteiger partial charge in [-0.25, -0.2) is 0 Å². The SMILES string of the molecule is O=C(O)C(O)C(O)C(=O)O[AsH2]. The van der Waals surface area contributed by atoms with E-state index in [2.05, 4.69) is 3.73 Å². The number of hydrogen-bond donors (Lipinski definition) is 3. The molecule has 0 radical (unpaired) electrons. The summed E-state index contributed by atoms with van der Waals surface area (Å²) in [7, 11) is 0. The second kappa shape index (κ2) is 4.33. The Morgan fingerprint density at radius 2 is 1.73 bits per heavy atom. The van der Waals surface area contributed by atoms with E-state index in [-0.39, 0.29) is 0 Å². The molecule has 0 aromatic rings. The Balaban J connectivity index is 4.12. The van der Waals surface area contributed by atoms with E-state index >= 15 is 0 Å². The van der Waals surface area contributed by atoms with Crippen molar-refractivity contribution in [1.82, 2.24) is 0 Å². The molecule has 11 heavy (non-hydrogen) atoms. The molecule has 0 bridgehead atoms. The molecule has 0 spiro atoms. The van der Waals surface area contributed by atoms with E-state index < -0.39 is 24.1 Å². The number of carbonyl (C=O) groups excluding carboxylic acids is 1. The summed E-state index contributed by atoms with van der Waals surface area (Å²) < 4.78 is 4.03. The van der Waals surface area contributed by atoms with Crippen molar-refractivity contribution in [2.24, 2.45) is 0 Å². The van der Waals surface area contributed by atoms with Gasteiger partial charge >= 0.3 is 70.0 Å². The fourth-order valence-electron chi connectivity index (χ4n) is 0.334. The maximum atomic E-state index is 10.4. The molecule has 0 aliphatic heterocycles. The Morgan fingerprint density at radius 3 is 2.00 bits per heavy atom. The van der Waals surface area contributed by atoms with Gasteiger partial charge in [-0.3, -0.25) is 0 Å². The Kier molecular flexibility index (Phi) is 4.10. The summed E-state index contributed by atoms with van der Waals surface area (Å²) in [5, 5.41) is 25.3. The van der Waals surface area contributed by atoms with Crippen molar-refractivity contribution >= 4 is 29.1 Å². The van der Waals surface area contributed by atoms with Crippen LogP contribution >= 0.6 is 0 Å². The average Bonchev–Trinajstić information content (AvgIpc) is 2.00. The van der Waals surface area contributed by atoms with Crippen molar-refractivity contribution in [1.29, 1.82) is 0 Å². The first-order valence-electron chi connectivity index (χ1n) is 2.50. The quantitative estimate of drug-likeness (QED) is 0.440. The number of carbonyl (C=O) groups is 2. The van der Waals surface area contributed by atoms with Crippen LogP contribution in [0.3, 0.4) is 0 Å². The van der Waals surface area contributed by atoms with Gasteiger partial charge in [0.25, 0.3) is 0 Å². The predicted molar refractivity (Wildman–Crippen MR) is 34.3 cm³/mol. The normalized spacial score (nSPS) is 15.2. The number of hydrogen-bond acceptors (Lipinski definition) is 5. The zero-order valence-corrected chi connectivity index (χ0v) is 7.72. The van der Waals surface area contributed by atoms with Gasteiger partial charge in [0.2, 0.25) is 0 Å². The van der Waals surface area contributed by atoms with E-state index in [4.69, 9.17) is 15.3 Å². The van der Waals surface area contributed by atoms with Crippen LogP contribution in [0.15, 0.2) is 0 Å². The summed E-state index contributed by atoms with van der Waals surface area (Å²) in [6.45, 7) is 0. The van der Waals surface area contributed by atoms with Crippen molar-refractivity contribution in [3.05, 3.63) is 0 Å². The van der Waals surface area contributed by atoms with Crippen molar-refractivity contribution < 1.29 is 28.6 Å². The van der Waals surface area contributed by atoms with Crippen LogP contribution in [0, 0.1) is 0 Å². The molecule has 7 heteroatoms. The fraction of sp³-hybridized carbons (Fsp3) is 0.500. The monoisotopic (exact) mass is 226 g/mol. The van der Waals surface area contributed by atoms with Gasteiger partial charge in [0.15, 0.2) is 0 Å². The minimum absolute atomic E-state index is 0.557. The molecule has 3 unspecified atom stereocenters. The van der Waals surface area contributed by atoms with E-state index in [1.807, 2.05) is 0 Å². The van der Waals surface area contributed by atoms with Crippen LogP contribution in [-0.2, 0) is 13.3 Å². The van der Waals surface area contributed by atoms with E-state index in [0.29, 0.717) is 17.2 Å². The van der Waals surface area contributed by atoms with Crippen LogP contribution in [0.1, 0.15) is 0 Å². The fourth-order valence-corrected chi connectivity index (χ4v) is 0.626. The molecule has 0 saturated carbocycles. The summed E-state index contributed by atoms with van der Waals surface area (Å²) in [5.74, 6) is -2.82. The zero-order chi connectivity index (χ0) is 9.02. The third kappa shape index (κ3) is 2.88. The molecular weight excluding hydrogens is 219 g/mol. The molecule has 0 aromatic heterocycles. The molecule has 0 amide bonds. The molecule has 0 saturated heterocycles. The van der Waals surface area contributed by atoms with Gasteiger partial charge in [-0.05, 0) is 0 Å². The second-order valence-corrected chi connectivity index (χ2v) is 2.16. The van der Waals surface area contributed by atoms with Crippen LogP contribution < -0.4 is 0 Å². The number of aliphatic hydroxyl groups excluding tert-OH is 2. The number of carboxylic acid groups (broad SMARTS) is 1. The first kappa shape index (κ1) is 10.4. The molecule has 0 rings (SSSR count). The molecule has 64 valence electrons. The topological polar surface area (TPSA) is 104 Å². The summed E-state index contributed by atoms with van der Waals surface area (Å²) in [5.41, 5.74) is 0. The first-order valence-corrected chi connectivity index (χ1v) is 3.49. The molecule has 3 atom stereocenters. The van der Waals surface area contributed by atoms with E-state index in [1.54, 1.807) is 0 Å². The third-order valence-corrected chi connectivity index (χ3v) is 1.40. The van der Waals surface area contributed by atoms with Crippen molar-refractivity contribution in [3.63, 3.8) is 0 Å². The van der Waals surface area contributed by atoms with Crippen molar-refractivity contribution in [3.8, 4) is 0 Å². The van der Waals surface area contributed by atoms with Gasteiger partial charge in [-0.1, -0.05) is 0 Å². The van der Waals surface area contributed by atoms with E-state index in [9.17, 15) is 9.59 Å². The molecule has 0 aliphatic carbocycles. The predicted octanol–water partition coefficient (Wildman–Crippen LogP) is -3.12. The van der Waals surface area contributed by atoms with Gasteiger partial charge in [0, 0.05) is 0 Å². The Morgan fingerprint density at radius 1 is 1.27 bits per heavy atom. The molecule has 0 aliphatic rings. The first-order chi connectivity index (χ1) is 5.00. The summed E-state index contributed by atoms with van der Waals surface area (Å²) in [6.07, 6.45) is -4.14. The van der Waals surface area contributed by atoms with Gasteiger partial charge in [0.1, 0.15) is 0 Å². The van der Waals surface area contributed by atoms with Crippen LogP contribution in [0.25, 0.3) is 0 Å². The third-order valence-electron chi connectivity index (χ3n) is 0.910. The summed E-state index contributed by atoms with van der Waals surface area (Å²) >= 11 is 0.557. The molecule has 0 fully saturated rings. The molecule has 0 heterocycles. The Bertz CT molecular complexity index is 168. The van der Waals surface area contributed by atoms with E-state index in [1.165, 1.54) is 0 Å². The number of aliphatic carboxylic acids is 1. The molecule has 0 aromatic carbocycles. The summed E-state index contributed by atoms with van der Waals surface area (Å²) in [6, 6.07) is 0. The van der Waals surface area contributed by atoms with Gasteiger partial charge in [-0.2, -0.15) is 0 Å². The number of carboxylic acids is 1. The van der Waals surface area contributed by atoms with Crippen molar-refractivity contribution in [2.45, 2.75) is 12.2 Å². The summed E-state index contributed by atoms with van der Waals surface area (Å²) in [4.78, 5) is 20.3. The van der Waals surface area contributed by atoms with E-state index in [0.717, 1.165) is 0 Å². The number of rotatable bonds is 3. The molecular formula is C4H7AsO6. The molecule has 3 N–H and O–H groups in total. The van der Waals surface area contributed by atoms with Gasteiger partial charge < -0.3 is 0 Å². The standard InChI is InChI=1S/C4H7AsO6/c5-11-4(10)2(7)1(6)3(8)9/h1-2,6-7H,5H2,(H,8,9). The molecule has 6 nitrogen and oxygen atoms in total. The zero-order valence-electron chi connectivity index (χ0n) is 5.30. The van der Waals surface area contributed by atoms with Crippen LogP contribution in [0.4, 0.5) is 0 Å². The van der Waals surface area contributed by atoms with Crippen LogP contribution in [-0.4, -0.2) is 56.7 Å². The minimum atomic E-state index is -2.13. The Labute approximate surface area is 70.6 Å². The second-order valence-electron chi connectivity index (χ2n) is 1.66. The maximum absolute atomic E-state index is 10.4. The Hall–Kier alpha value is -0.582. The van der Waals surface area contributed by atoms with Crippen LogP contribution in [0.5, 0.6) is 0 Å². The van der Waals surface area contributed by atoms with Gasteiger partial charge in [-0.15, -0.1) is 0 Å². The van der Waals surface area contributed by atoms with Crippen molar-refractivity contribution in [2.75, 3.05) is 0 Å².